The lowest BCUT2D eigenvalue weighted by Gasteiger charge is -2.16. The third-order valence-corrected chi connectivity index (χ3v) is 2.89. The van der Waals surface area contributed by atoms with Crippen LogP contribution in [0, 0.1) is 5.92 Å². The number of rotatable bonds is 2. The zero-order chi connectivity index (χ0) is 9.47. The quantitative estimate of drug-likeness (QED) is 0.684. The van der Waals surface area contributed by atoms with Crippen LogP contribution in [0.3, 0.4) is 0 Å². The zero-order valence-electron chi connectivity index (χ0n) is 8.13. The van der Waals surface area contributed by atoms with E-state index in [4.69, 9.17) is 0 Å². The second-order valence-corrected chi connectivity index (χ2v) is 3.96. The lowest BCUT2D eigenvalue weighted by molar-refractivity contribution is -0.119. The smallest absolute Gasteiger partial charge is 0.217 e. The molecule has 2 aliphatic carbocycles. The summed E-state index contributed by atoms with van der Waals surface area (Å²) in [6, 6.07) is 0. The molecule has 2 aliphatic rings. The summed E-state index contributed by atoms with van der Waals surface area (Å²) in [6.07, 6.45) is 8.74. The van der Waals surface area contributed by atoms with Crippen molar-refractivity contribution in [2.24, 2.45) is 5.92 Å². The molecule has 0 spiro atoms. The Kier molecular flexibility index (Phi) is 1.79. The highest BCUT2D eigenvalue weighted by Gasteiger charge is 2.52. The zero-order valence-corrected chi connectivity index (χ0v) is 8.13. The molecular formula is C11H15NO. The molecule has 0 radical (unpaired) electrons. The van der Waals surface area contributed by atoms with Crippen LogP contribution in [-0.4, -0.2) is 11.4 Å². The van der Waals surface area contributed by atoms with Gasteiger partial charge in [0.05, 0.1) is 5.54 Å². The summed E-state index contributed by atoms with van der Waals surface area (Å²) in [6.45, 7) is 3.74. The minimum atomic E-state index is -0.00942. The van der Waals surface area contributed by atoms with Gasteiger partial charge in [0.1, 0.15) is 0 Å². The second-order valence-electron chi connectivity index (χ2n) is 3.96. The molecule has 0 aromatic rings. The van der Waals surface area contributed by atoms with E-state index in [1.807, 2.05) is 0 Å². The van der Waals surface area contributed by atoms with Crippen LogP contribution in [0.4, 0.5) is 0 Å². The van der Waals surface area contributed by atoms with Crippen molar-refractivity contribution >= 4 is 5.91 Å². The first-order valence-corrected chi connectivity index (χ1v) is 4.85. The van der Waals surface area contributed by atoms with Crippen molar-refractivity contribution in [3.05, 3.63) is 23.8 Å². The monoisotopic (exact) mass is 177 g/mol. The highest BCUT2D eigenvalue weighted by Crippen LogP contribution is 2.49. The molecule has 0 aromatic carbocycles. The minimum absolute atomic E-state index is 0.00942. The Morgan fingerprint density at radius 2 is 2.54 bits per heavy atom. The molecule has 1 amide bonds. The molecule has 1 N–H and O–H groups in total. The average molecular weight is 177 g/mol. The Morgan fingerprint density at radius 1 is 1.77 bits per heavy atom. The largest absolute Gasteiger partial charge is 0.347 e. The van der Waals surface area contributed by atoms with E-state index in [0.29, 0.717) is 5.92 Å². The van der Waals surface area contributed by atoms with Crippen LogP contribution >= 0.6 is 0 Å². The standard InChI is InChI=1S/C11H15NO/c1-3-9-4-5-11(12-8(2)13)7-10(11)6-9/h4-6,10H,3,7H2,1-2H3,(H,12,13). The van der Waals surface area contributed by atoms with Crippen molar-refractivity contribution in [3.8, 4) is 0 Å². The Balaban J connectivity index is 2.08. The molecule has 2 rings (SSSR count). The van der Waals surface area contributed by atoms with E-state index in [9.17, 15) is 4.79 Å². The van der Waals surface area contributed by atoms with E-state index >= 15 is 0 Å². The lowest BCUT2D eigenvalue weighted by atomic mass is 10.0. The second kappa shape index (κ2) is 2.72. The first-order valence-electron chi connectivity index (χ1n) is 4.85. The van der Waals surface area contributed by atoms with Crippen LogP contribution in [0.2, 0.25) is 0 Å². The van der Waals surface area contributed by atoms with E-state index in [0.717, 1.165) is 12.8 Å². The normalized spacial score (nSPS) is 34.9. The maximum Gasteiger partial charge on any atom is 0.217 e. The van der Waals surface area contributed by atoms with Gasteiger partial charge in [0.15, 0.2) is 0 Å². The summed E-state index contributed by atoms with van der Waals surface area (Å²) in [5, 5.41) is 3.01. The number of carbonyl (C=O) groups excluding carboxylic acids is 1. The molecule has 13 heavy (non-hydrogen) atoms. The summed E-state index contributed by atoms with van der Waals surface area (Å²) in [7, 11) is 0. The van der Waals surface area contributed by atoms with Crippen LogP contribution in [-0.2, 0) is 4.79 Å². The molecule has 0 aromatic heterocycles. The van der Waals surface area contributed by atoms with Gasteiger partial charge in [0, 0.05) is 12.8 Å². The summed E-state index contributed by atoms with van der Waals surface area (Å²) in [5.41, 5.74) is 1.38. The van der Waals surface area contributed by atoms with Crippen molar-refractivity contribution in [2.45, 2.75) is 32.2 Å². The number of allylic oxidation sites excluding steroid dienone is 2. The maximum absolute atomic E-state index is 10.9. The van der Waals surface area contributed by atoms with Gasteiger partial charge in [-0.1, -0.05) is 30.7 Å². The highest BCUT2D eigenvalue weighted by atomic mass is 16.1. The Labute approximate surface area is 78.7 Å². The van der Waals surface area contributed by atoms with Crippen LogP contribution in [0.15, 0.2) is 23.8 Å². The van der Waals surface area contributed by atoms with Crippen LogP contribution in [0.25, 0.3) is 0 Å². The number of fused-ring (bicyclic) bond motifs is 1. The predicted molar refractivity (Wildman–Crippen MR) is 52.2 cm³/mol. The lowest BCUT2D eigenvalue weighted by Crippen LogP contribution is -2.35. The van der Waals surface area contributed by atoms with Crippen molar-refractivity contribution in [1.82, 2.24) is 5.32 Å². The number of hydrogen-bond donors (Lipinski definition) is 1. The van der Waals surface area contributed by atoms with E-state index < -0.39 is 0 Å². The van der Waals surface area contributed by atoms with Crippen LogP contribution < -0.4 is 5.32 Å². The predicted octanol–water partition coefficient (Wildman–Crippen LogP) is 1.79. The van der Waals surface area contributed by atoms with Gasteiger partial charge in [-0.3, -0.25) is 4.79 Å². The average Bonchev–Trinajstić information content (AvgIpc) is 2.75. The Morgan fingerprint density at radius 3 is 3.08 bits per heavy atom. The molecule has 0 bridgehead atoms. The fourth-order valence-corrected chi connectivity index (χ4v) is 2.02. The summed E-state index contributed by atoms with van der Waals surface area (Å²) >= 11 is 0. The van der Waals surface area contributed by atoms with Gasteiger partial charge in [-0.2, -0.15) is 0 Å². The Hall–Kier alpha value is -1.05. The SMILES string of the molecule is CCC1=CC2CC2(NC(C)=O)C=C1. The number of hydrogen-bond acceptors (Lipinski definition) is 1. The topological polar surface area (TPSA) is 29.1 Å². The molecule has 1 saturated carbocycles. The molecule has 70 valence electrons. The third kappa shape index (κ3) is 1.41. The van der Waals surface area contributed by atoms with Crippen LogP contribution in [0.1, 0.15) is 26.7 Å². The summed E-state index contributed by atoms with van der Waals surface area (Å²) in [5.74, 6) is 0.622. The van der Waals surface area contributed by atoms with Crippen molar-refractivity contribution in [1.29, 1.82) is 0 Å². The van der Waals surface area contributed by atoms with E-state index in [-0.39, 0.29) is 11.4 Å². The van der Waals surface area contributed by atoms with Gasteiger partial charge >= 0.3 is 0 Å². The van der Waals surface area contributed by atoms with Gasteiger partial charge in [-0.15, -0.1) is 0 Å². The fraction of sp³-hybridized carbons (Fsp3) is 0.545. The molecule has 1 fully saturated rings. The first-order chi connectivity index (χ1) is 6.16. The van der Waals surface area contributed by atoms with Gasteiger partial charge in [0.2, 0.25) is 5.91 Å². The molecule has 2 heteroatoms. The summed E-state index contributed by atoms with van der Waals surface area (Å²) in [4.78, 5) is 10.9. The Bertz CT molecular complexity index is 303. The maximum atomic E-state index is 10.9. The number of carbonyl (C=O) groups is 1. The summed E-state index contributed by atoms with van der Waals surface area (Å²) < 4.78 is 0. The van der Waals surface area contributed by atoms with Crippen molar-refractivity contribution < 1.29 is 4.79 Å². The minimum Gasteiger partial charge on any atom is -0.347 e. The third-order valence-electron chi connectivity index (χ3n) is 2.89. The van der Waals surface area contributed by atoms with Gasteiger partial charge in [0.25, 0.3) is 0 Å². The van der Waals surface area contributed by atoms with E-state index in [1.54, 1.807) is 6.92 Å². The highest BCUT2D eigenvalue weighted by molar-refractivity contribution is 5.75. The molecule has 0 heterocycles. The molecule has 2 nitrogen and oxygen atoms in total. The van der Waals surface area contributed by atoms with Crippen molar-refractivity contribution in [2.75, 3.05) is 0 Å². The molecule has 2 atom stereocenters. The van der Waals surface area contributed by atoms with Gasteiger partial charge in [-0.25, -0.2) is 0 Å². The molecular weight excluding hydrogens is 162 g/mol. The van der Waals surface area contributed by atoms with E-state index in [2.05, 4.69) is 30.5 Å². The molecule has 0 saturated heterocycles. The van der Waals surface area contributed by atoms with Crippen LogP contribution in [0.5, 0.6) is 0 Å². The first kappa shape index (κ1) is 8.54. The molecule has 0 aliphatic heterocycles. The number of amides is 1. The fourth-order valence-electron chi connectivity index (χ4n) is 2.02. The number of nitrogens with one attached hydrogen (secondary N) is 1. The molecule has 2 unspecified atom stereocenters. The van der Waals surface area contributed by atoms with Gasteiger partial charge in [-0.05, 0) is 12.8 Å². The van der Waals surface area contributed by atoms with Gasteiger partial charge < -0.3 is 5.32 Å². The van der Waals surface area contributed by atoms with E-state index in [1.165, 1.54) is 5.57 Å². The van der Waals surface area contributed by atoms with Crippen molar-refractivity contribution in [3.63, 3.8) is 0 Å².